The summed E-state index contributed by atoms with van der Waals surface area (Å²) < 4.78 is 0. The van der Waals surface area contributed by atoms with E-state index in [1.807, 2.05) is 6.20 Å². The van der Waals surface area contributed by atoms with Crippen molar-refractivity contribution >= 4 is 0 Å². The predicted molar refractivity (Wildman–Crippen MR) is 80.5 cm³/mol. The van der Waals surface area contributed by atoms with E-state index in [-0.39, 0.29) is 5.54 Å². The summed E-state index contributed by atoms with van der Waals surface area (Å²) in [6.45, 7) is 4.62. The fraction of sp³-hybridized carbons (Fsp3) is 0.688. The Labute approximate surface area is 117 Å². The SMILES string of the molecule is CNC(C1CCCc2cccnc21)C(C)(C)N(C)C. The predicted octanol–water partition coefficient (Wildman–Crippen LogP) is 2.43. The smallest absolute Gasteiger partial charge is 0.0482 e. The van der Waals surface area contributed by atoms with Gasteiger partial charge in [-0.2, -0.15) is 0 Å². The molecule has 1 aromatic rings. The number of aryl methyl sites for hydroxylation is 1. The molecule has 0 spiro atoms. The minimum absolute atomic E-state index is 0.103. The van der Waals surface area contributed by atoms with Crippen molar-refractivity contribution in [3.05, 3.63) is 29.6 Å². The number of aromatic nitrogens is 1. The van der Waals surface area contributed by atoms with Crippen LogP contribution in [0, 0.1) is 0 Å². The van der Waals surface area contributed by atoms with Gasteiger partial charge in [0, 0.05) is 29.4 Å². The quantitative estimate of drug-likeness (QED) is 0.902. The summed E-state index contributed by atoms with van der Waals surface area (Å²) in [5.41, 5.74) is 2.85. The van der Waals surface area contributed by atoms with Gasteiger partial charge in [-0.05, 0) is 65.9 Å². The molecule has 1 aliphatic carbocycles. The van der Waals surface area contributed by atoms with Crippen molar-refractivity contribution in [1.82, 2.24) is 15.2 Å². The van der Waals surface area contributed by atoms with Gasteiger partial charge in [0.2, 0.25) is 0 Å². The first-order chi connectivity index (χ1) is 8.98. The normalized spacial score (nSPS) is 21.3. The van der Waals surface area contributed by atoms with E-state index < -0.39 is 0 Å². The molecule has 19 heavy (non-hydrogen) atoms. The van der Waals surface area contributed by atoms with Gasteiger partial charge in [0.15, 0.2) is 0 Å². The van der Waals surface area contributed by atoms with Crippen molar-refractivity contribution in [2.45, 2.75) is 50.6 Å². The molecular weight excluding hydrogens is 234 g/mol. The molecule has 2 atom stereocenters. The van der Waals surface area contributed by atoms with E-state index in [4.69, 9.17) is 0 Å². The highest BCUT2D eigenvalue weighted by molar-refractivity contribution is 5.28. The number of fused-ring (bicyclic) bond motifs is 1. The van der Waals surface area contributed by atoms with Crippen LogP contribution in [0.3, 0.4) is 0 Å². The molecule has 0 radical (unpaired) electrons. The van der Waals surface area contributed by atoms with E-state index in [9.17, 15) is 0 Å². The standard InChI is InChI=1S/C16H27N3/c1-16(2,19(4)5)15(17-3)13-10-6-8-12-9-7-11-18-14(12)13/h7,9,11,13,15,17H,6,8,10H2,1-5H3. The van der Waals surface area contributed by atoms with Crippen LogP contribution in [0.4, 0.5) is 0 Å². The van der Waals surface area contributed by atoms with Crippen molar-refractivity contribution in [2.24, 2.45) is 0 Å². The lowest BCUT2D eigenvalue weighted by atomic mass is 9.75. The van der Waals surface area contributed by atoms with Crippen LogP contribution in [0.2, 0.25) is 0 Å². The van der Waals surface area contributed by atoms with Crippen LogP contribution in [0.1, 0.15) is 43.9 Å². The maximum Gasteiger partial charge on any atom is 0.0482 e. The summed E-state index contributed by atoms with van der Waals surface area (Å²) in [6.07, 6.45) is 5.61. The Morgan fingerprint density at radius 2 is 2.16 bits per heavy atom. The topological polar surface area (TPSA) is 28.2 Å². The Hall–Kier alpha value is -0.930. The summed E-state index contributed by atoms with van der Waals surface area (Å²) in [6, 6.07) is 4.72. The van der Waals surface area contributed by atoms with Crippen molar-refractivity contribution < 1.29 is 0 Å². The van der Waals surface area contributed by atoms with Crippen LogP contribution < -0.4 is 5.32 Å². The second-order valence-corrected chi connectivity index (χ2v) is 6.36. The van der Waals surface area contributed by atoms with E-state index in [1.54, 1.807) is 0 Å². The molecule has 106 valence electrons. The lowest BCUT2D eigenvalue weighted by molar-refractivity contribution is 0.120. The number of nitrogens with zero attached hydrogens (tertiary/aromatic N) is 2. The van der Waals surface area contributed by atoms with Gasteiger partial charge < -0.3 is 10.2 Å². The van der Waals surface area contributed by atoms with Crippen LogP contribution in [0.25, 0.3) is 0 Å². The monoisotopic (exact) mass is 261 g/mol. The van der Waals surface area contributed by atoms with Gasteiger partial charge in [0.1, 0.15) is 0 Å². The second-order valence-electron chi connectivity index (χ2n) is 6.36. The first-order valence-corrected chi connectivity index (χ1v) is 7.27. The highest BCUT2D eigenvalue weighted by Gasteiger charge is 2.39. The van der Waals surface area contributed by atoms with Gasteiger partial charge in [-0.1, -0.05) is 6.07 Å². The maximum atomic E-state index is 4.68. The molecule has 0 aliphatic heterocycles. The molecule has 0 saturated carbocycles. The second kappa shape index (κ2) is 5.59. The Morgan fingerprint density at radius 3 is 2.79 bits per heavy atom. The summed E-state index contributed by atoms with van der Waals surface area (Å²) in [7, 11) is 6.39. The maximum absolute atomic E-state index is 4.68. The third kappa shape index (κ3) is 2.67. The van der Waals surface area contributed by atoms with Crippen molar-refractivity contribution in [2.75, 3.05) is 21.1 Å². The van der Waals surface area contributed by atoms with Crippen LogP contribution in [0.5, 0.6) is 0 Å². The average molecular weight is 261 g/mol. The lowest BCUT2D eigenvalue weighted by Gasteiger charge is -2.45. The average Bonchev–Trinajstić information content (AvgIpc) is 2.39. The zero-order valence-corrected chi connectivity index (χ0v) is 12.9. The van der Waals surface area contributed by atoms with Crippen molar-refractivity contribution in [1.29, 1.82) is 0 Å². The third-order valence-electron chi connectivity index (χ3n) is 4.87. The Kier molecular flexibility index (Phi) is 4.26. The summed E-state index contributed by atoms with van der Waals surface area (Å²) in [5, 5.41) is 3.55. The molecule has 1 heterocycles. The summed E-state index contributed by atoms with van der Waals surface area (Å²) in [4.78, 5) is 6.99. The Morgan fingerprint density at radius 1 is 1.42 bits per heavy atom. The third-order valence-corrected chi connectivity index (χ3v) is 4.87. The fourth-order valence-electron chi connectivity index (χ4n) is 3.29. The highest BCUT2D eigenvalue weighted by Crippen LogP contribution is 2.37. The van der Waals surface area contributed by atoms with E-state index in [2.05, 4.69) is 62.3 Å². The molecule has 1 N–H and O–H groups in total. The number of pyridine rings is 1. The lowest BCUT2D eigenvalue weighted by Crippen LogP contribution is -2.57. The van der Waals surface area contributed by atoms with Crippen LogP contribution in [-0.2, 0) is 6.42 Å². The molecule has 3 heteroatoms. The molecule has 2 rings (SSSR count). The molecule has 1 aromatic heterocycles. The van der Waals surface area contributed by atoms with Crippen molar-refractivity contribution in [3.8, 4) is 0 Å². The van der Waals surface area contributed by atoms with Gasteiger partial charge in [0.25, 0.3) is 0 Å². The first kappa shape index (κ1) is 14.5. The molecule has 3 nitrogen and oxygen atoms in total. The van der Waals surface area contributed by atoms with E-state index >= 15 is 0 Å². The molecule has 0 bridgehead atoms. The number of rotatable bonds is 4. The van der Waals surface area contributed by atoms with Gasteiger partial charge in [-0.25, -0.2) is 0 Å². The van der Waals surface area contributed by atoms with Gasteiger partial charge >= 0.3 is 0 Å². The molecule has 0 amide bonds. The highest BCUT2D eigenvalue weighted by atomic mass is 15.2. The number of hydrogen-bond acceptors (Lipinski definition) is 3. The summed E-state index contributed by atoms with van der Waals surface area (Å²) >= 11 is 0. The number of likely N-dealkylation sites (N-methyl/N-ethyl adjacent to an activating group) is 2. The fourth-order valence-corrected chi connectivity index (χ4v) is 3.29. The molecule has 1 aliphatic rings. The molecule has 0 aromatic carbocycles. The van der Waals surface area contributed by atoms with Gasteiger partial charge in [-0.15, -0.1) is 0 Å². The molecule has 2 unspecified atom stereocenters. The van der Waals surface area contributed by atoms with Crippen molar-refractivity contribution in [3.63, 3.8) is 0 Å². The minimum Gasteiger partial charge on any atom is -0.315 e. The summed E-state index contributed by atoms with van der Waals surface area (Å²) in [5.74, 6) is 0.507. The van der Waals surface area contributed by atoms with Crippen LogP contribution >= 0.6 is 0 Å². The molecular formula is C16H27N3. The Bertz CT molecular complexity index is 426. The van der Waals surface area contributed by atoms with Gasteiger partial charge in [-0.3, -0.25) is 4.98 Å². The minimum atomic E-state index is 0.103. The van der Waals surface area contributed by atoms with E-state index in [0.717, 1.165) is 0 Å². The first-order valence-electron chi connectivity index (χ1n) is 7.27. The Balaban J connectivity index is 2.36. The zero-order valence-electron chi connectivity index (χ0n) is 12.9. The van der Waals surface area contributed by atoms with E-state index in [1.165, 1.54) is 30.5 Å². The van der Waals surface area contributed by atoms with Gasteiger partial charge in [0.05, 0.1) is 0 Å². The largest absolute Gasteiger partial charge is 0.315 e. The van der Waals surface area contributed by atoms with E-state index in [0.29, 0.717) is 12.0 Å². The zero-order chi connectivity index (χ0) is 14.0. The number of nitrogens with one attached hydrogen (secondary N) is 1. The van der Waals surface area contributed by atoms with Crippen LogP contribution in [-0.4, -0.2) is 42.6 Å². The van der Waals surface area contributed by atoms with Crippen LogP contribution in [0.15, 0.2) is 18.3 Å². The number of hydrogen-bond donors (Lipinski definition) is 1. The molecule has 0 fully saturated rings. The molecule has 0 saturated heterocycles.